The molecule has 0 aromatic rings. The number of hydrogen-bond acceptors (Lipinski definition) is 2. The van der Waals surface area contributed by atoms with Crippen LogP contribution >= 0.6 is 0 Å². The second kappa shape index (κ2) is 6.75. The lowest BCUT2D eigenvalue weighted by Crippen LogP contribution is -2.49. The second-order valence-corrected chi connectivity index (χ2v) is 6.37. The zero-order valence-electron chi connectivity index (χ0n) is 11.8. The van der Waals surface area contributed by atoms with Gasteiger partial charge >= 0.3 is 0 Å². The van der Waals surface area contributed by atoms with Gasteiger partial charge in [-0.1, -0.05) is 26.2 Å². The van der Waals surface area contributed by atoms with Crippen molar-refractivity contribution in [2.75, 3.05) is 26.7 Å². The molecule has 1 saturated heterocycles. The van der Waals surface area contributed by atoms with E-state index in [2.05, 4.69) is 24.2 Å². The lowest BCUT2D eigenvalue weighted by atomic mass is 9.84. The fourth-order valence-corrected chi connectivity index (χ4v) is 3.32. The summed E-state index contributed by atoms with van der Waals surface area (Å²) in [6, 6.07) is 0.760. The third-order valence-corrected chi connectivity index (χ3v) is 4.61. The highest BCUT2D eigenvalue weighted by Crippen LogP contribution is 2.26. The Bertz CT molecular complexity index is 213. The van der Waals surface area contributed by atoms with Gasteiger partial charge in [-0.05, 0) is 51.1 Å². The molecule has 0 bridgehead atoms. The van der Waals surface area contributed by atoms with Gasteiger partial charge in [-0.3, -0.25) is 0 Å². The first-order valence-corrected chi connectivity index (χ1v) is 7.69. The number of likely N-dealkylation sites (N-methyl/N-ethyl adjacent to an activating group) is 1. The summed E-state index contributed by atoms with van der Waals surface area (Å²) in [5.41, 5.74) is 0. The minimum absolute atomic E-state index is 0.760. The van der Waals surface area contributed by atoms with Gasteiger partial charge in [0.2, 0.25) is 0 Å². The molecule has 1 saturated carbocycles. The maximum absolute atomic E-state index is 3.82. The summed E-state index contributed by atoms with van der Waals surface area (Å²) in [6.45, 7) is 6.16. The third-order valence-electron chi connectivity index (χ3n) is 4.61. The van der Waals surface area contributed by atoms with E-state index < -0.39 is 0 Å². The van der Waals surface area contributed by atoms with E-state index in [0.717, 1.165) is 17.9 Å². The van der Waals surface area contributed by atoms with Gasteiger partial charge < -0.3 is 10.2 Å². The van der Waals surface area contributed by atoms with Crippen LogP contribution in [0.1, 0.15) is 51.9 Å². The highest BCUT2D eigenvalue weighted by atomic mass is 15.1. The molecule has 2 unspecified atom stereocenters. The number of piperidine rings is 1. The molecule has 2 rings (SSSR count). The van der Waals surface area contributed by atoms with Crippen LogP contribution in [-0.4, -0.2) is 37.6 Å². The van der Waals surface area contributed by atoms with Crippen molar-refractivity contribution in [2.45, 2.75) is 57.9 Å². The van der Waals surface area contributed by atoms with Gasteiger partial charge in [0.05, 0.1) is 0 Å². The summed E-state index contributed by atoms with van der Waals surface area (Å²) in [5.74, 6) is 1.93. The van der Waals surface area contributed by atoms with Crippen molar-refractivity contribution < 1.29 is 0 Å². The zero-order valence-corrected chi connectivity index (χ0v) is 11.8. The highest BCUT2D eigenvalue weighted by Gasteiger charge is 2.26. The maximum atomic E-state index is 3.82. The largest absolute Gasteiger partial charge is 0.312 e. The van der Waals surface area contributed by atoms with Crippen LogP contribution in [-0.2, 0) is 0 Å². The van der Waals surface area contributed by atoms with E-state index in [0.29, 0.717) is 0 Å². The minimum Gasteiger partial charge on any atom is -0.312 e. The van der Waals surface area contributed by atoms with Crippen LogP contribution in [0.3, 0.4) is 0 Å². The van der Waals surface area contributed by atoms with Gasteiger partial charge in [0.15, 0.2) is 0 Å². The van der Waals surface area contributed by atoms with E-state index in [9.17, 15) is 0 Å². The first-order chi connectivity index (χ1) is 8.28. The summed E-state index contributed by atoms with van der Waals surface area (Å²) in [4.78, 5) is 2.53. The Hall–Kier alpha value is -0.0800. The topological polar surface area (TPSA) is 15.3 Å². The van der Waals surface area contributed by atoms with Crippen LogP contribution in [0.25, 0.3) is 0 Å². The number of nitrogens with one attached hydrogen (secondary N) is 1. The predicted molar refractivity (Wildman–Crippen MR) is 74.3 cm³/mol. The Morgan fingerprint density at radius 1 is 1.18 bits per heavy atom. The first-order valence-electron chi connectivity index (χ1n) is 7.69. The van der Waals surface area contributed by atoms with Crippen molar-refractivity contribution in [3.05, 3.63) is 0 Å². The lowest BCUT2D eigenvalue weighted by molar-refractivity contribution is 0.153. The van der Waals surface area contributed by atoms with E-state index >= 15 is 0 Å². The Kier molecular flexibility index (Phi) is 5.30. The van der Waals surface area contributed by atoms with Gasteiger partial charge in [-0.25, -0.2) is 0 Å². The molecule has 2 heteroatoms. The lowest BCUT2D eigenvalue weighted by Gasteiger charge is -2.37. The molecule has 17 heavy (non-hydrogen) atoms. The van der Waals surface area contributed by atoms with Crippen molar-refractivity contribution in [2.24, 2.45) is 11.8 Å². The smallest absolute Gasteiger partial charge is 0.0198 e. The molecule has 2 fully saturated rings. The quantitative estimate of drug-likeness (QED) is 0.765. The molecule has 1 aliphatic carbocycles. The summed E-state index contributed by atoms with van der Waals surface area (Å²) < 4.78 is 0. The van der Waals surface area contributed by atoms with Gasteiger partial charge in [0, 0.05) is 19.1 Å². The van der Waals surface area contributed by atoms with Crippen LogP contribution in [0.4, 0.5) is 0 Å². The van der Waals surface area contributed by atoms with Crippen LogP contribution in [0.15, 0.2) is 0 Å². The Labute approximate surface area is 107 Å². The normalized spacial score (nSPS) is 31.4. The van der Waals surface area contributed by atoms with Crippen molar-refractivity contribution in [3.8, 4) is 0 Å². The molecule has 2 atom stereocenters. The molecule has 1 aliphatic heterocycles. The number of nitrogens with zero attached hydrogens (tertiary/aromatic N) is 1. The van der Waals surface area contributed by atoms with Gasteiger partial charge in [0.1, 0.15) is 0 Å². The average molecular weight is 238 g/mol. The third kappa shape index (κ3) is 4.26. The Morgan fingerprint density at radius 2 is 2.00 bits per heavy atom. The van der Waals surface area contributed by atoms with E-state index in [1.54, 1.807) is 0 Å². The average Bonchev–Trinajstić information content (AvgIpc) is 2.23. The summed E-state index contributed by atoms with van der Waals surface area (Å²) in [7, 11) is 2.29. The van der Waals surface area contributed by atoms with Gasteiger partial charge in [-0.2, -0.15) is 0 Å². The first kappa shape index (κ1) is 13.4. The van der Waals surface area contributed by atoms with Crippen molar-refractivity contribution >= 4 is 0 Å². The molecule has 2 aliphatic rings. The molecule has 0 spiro atoms. The van der Waals surface area contributed by atoms with Crippen molar-refractivity contribution in [3.63, 3.8) is 0 Å². The predicted octanol–water partition coefficient (Wildman–Crippen LogP) is 2.89. The molecule has 0 aromatic heterocycles. The molecule has 2 nitrogen and oxygen atoms in total. The zero-order chi connectivity index (χ0) is 12.1. The van der Waals surface area contributed by atoms with Crippen LogP contribution in [0.2, 0.25) is 0 Å². The van der Waals surface area contributed by atoms with Crippen LogP contribution in [0, 0.1) is 11.8 Å². The number of unbranched alkanes of at least 4 members (excludes halogenated alkanes) is 1. The van der Waals surface area contributed by atoms with Crippen LogP contribution in [0.5, 0.6) is 0 Å². The molecular formula is C15H30N2. The maximum Gasteiger partial charge on any atom is 0.0198 e. The SMILES string of the molecule is CCCCC1CC(NCC2CCC2)CN(C)C1. The Balaban J connectivity index is 1.68. The van der Waals surface area contributed by atoms with Crippen LogP contribution < -0.4 is 5.32 Å². The fourth-order valence-electron chi connectivity index (χ4n) is 3.32. The monoisotopic (exact) mass is 238 g/mol. The van der Waals surface area contributed by atoms with E-state index in [4.69, 9.17) is 0 Å². The number of hydrogen-bond donors (Lipinski definition) is 1. The summed E-state index contributed by atoms with van der Waals surface area (Å²) in [5, 5.41) is 3.82. The molecule has 100 valence electrons. The van der Waals surface area contributed by atoms with E-state index in [-0.39, 0.29) is 0 Å². The summed E-state index contributed by atoms with van der Waals surface area (Å²) >= 11 is 0. The van der Waals surface area contributed by atoms with E-state index in [1.807, 2.05) is 0 Å². The van der Waals surface area contributed by atoms with Gasteiger partial charge in [0.25, 0.3) is 0 Å². The number of rotatable bonds is 6. The van der Waals surface area contributed by atoms with Crippen molar-refractivity contribution in [1.82, 2.24) is 10.2 Å². The van der Waals surface area contributed by atoms with E-state index in [1.165, 1.54) is 64.6 Å². The van der Waals surface area contributed by atoms with Crippen molar-refractivity contribution in [1.29, 1.82) is 0 Å². The minimum atomic E-state index is 0.760. The standard InChI is InChI=1S/C15H30N2/c1-3-4-6-14-9-15(12-17(2)11-14)16-10-13-7-5-8-13/h13-16H,3-12H2,1-2H3. The molecule has 1 heterocycles. The molecular weight excluding hydrogens is 208 g/mol. The highest BCUT2D eigenvalue weighted by molar-refractivity contribution is 4.83. The summed E-state index contributed by atoms with van der Waals surface area (Å²) in [6.07, 6.45) is 10.0. The molecule has 0 radical (unpaired) electrons. The molecule has 1 N–H and O–H groups in total. The second-order valence-electron chi connectivity index (χ2n) is 6.37. The van der Waals surface area contributed by atoms with Gasteiger partial charge in [-0.15, -0.1) is 0 Å². The number of likely N-dealkylation sites (tertiary alicyclic amines) is 1. The molecule has 0 aromatic carbocycles. The molecule has 0 amide bonds. The fraction of sp³-hybridized carbons (Fsp3) is 1.00. The Morgan fingerprint density at radius 3 is 2.65 bits per heavy atom.